The SMILES string of the molecule is ClCc1c(N2CCSCC2)nc2ccccn12. The normalized spacial score (nSPS) is 16.6. The van der Waals surface area contributed by atoms with E-state index in [0.29, 0.717) is 5.88 Å². The summed E-state index contributed by atoms with van der Waals surface area (Å²) >= 11 is 8.08. The van der Waals surface area contributed by atoms with Gasteiger partial charge in [0.25, 0.3) is 0 Å². The van der Waals surface area contributed by atoms with Gasteiger partial charge in [0.05, 0.1) is 11.6 Å². The van der Waals surface area contributed by atoms with Gasteiger partial charge in [-0.15, -0.1) is 11.6 Å². The minimum atomic E-state index is 0.504. The minimum Gasteiger partial charge on any atom is -0.353 e. The molecule has 2 aromatic heterocycles. The first-order chi connectivity index (χ1) is 8.40. The summed E-state index contributed by atoms with van der Waals surface area (Å²) in [5, 5.41) is 0. The number of alkyl halides is 1. The first kappa shape index (κ1) is 11.2. The van der Waals surface area contributed by atoms with Crippen molar-refractivity contribution in [3.63, 3.8) is 0 Å². The molecule has 0 unspecified atom stereocenters. The summed E-state index contributed by atoms with van der Waals surface area (Å²) in [5.74, 6) is 3.92. The summed E-state index contributed by atoms with van der Waals surface area (Å²) in [7, 11) is 0. The molecule has 90 valence electrons. The molecule has 1 aliphatic rings. The predicted molar refractivity (Wildman–Crippen MR) is 74.3 cm³/mol. The monoisotopic (exact) mass is 267 g/mol. The van der Waals surface area contributed by atoms with Crippen LogP contribution in [0.5, 0.6) is 0 Å². The Morgan fingerprint density at radius 3 is 2.88 bits per heavy atom. The van der Waals surface area contributed by atoms with Crippen LogP contribution >= 0.6 is 23.4 Å². The number of pyridine rings is 1. The van der Waals surface area contributed by atoms with E-state index in [9.17, 15) is 0 Å². The summed E-state index contributed by atoms with van der Waals surface area (Å²) < 4.78 is 2.09. The number of rotatable bonds is 2. The van der Waals surface area contributed by atoms with Gasteiger partial charge in [-0.3, -0.25) is 0 Å². The molecule has 0 saturated carbocycles. The van der Waals surface area contributed by atoms with Crippen molar-refractivity contribution < 1.29 is 0 Å². The molecule has 3 nitrogen and oxygen atoms in total. The van der Waals surface area contributed by atoms with Crippen LogP contribution in [0, 0.1) is 0 Å². The van der Waals surface area contributed by atoms with Gasteiger partial charge in [-0.1, -0.05) is 6.07 Å². The van der Waals surface area contributed by atoms with Gasteiger partial charge in [0.1, 0.15) is 5.65 Å². The summed E-state index contributed by atoms with van der Waals surface area (Å²) in [5.41, 5.74) is 2.09. The van der Waals surface area contributed by atoms with Crippen molar-refractivity contribution in [2.45, 2.75) is 5.88 Å². The van der Waals surface area contributed by atoms with E-state index in [1.165, 1.54) is 11.5 Å². The van der Waals surface area contributed by atoms with E-state index in [1.807, 2.05) is 36.2 Å². The highest BCUT2D eigenvalue weighted by atomic mass is 35.5. The zero-order valence-electron chi connectivity index (χ0n) is 9.47. The van der Waals surface area contributed by atoms with Gasteiger partial charge >= 0.3 is 0 Å². The highest BCUT2D eigenvalue weighted by Crippen LogP contribution is 2.25. The maximum Gasteiger partial charge on any atom is 0.152 e. The van der Waals surface area contributed by atoms with Crippen molar-refractivity contribution in [2.75, 3.05) is 29.5 Å². The predicted octanol–water partition coefficient (Wildman–Crippen LogP) is 2.63. The number of imidazole rings is 1. The molecule has 0 amide bonds. The van der Waals surface area contributed by atoms with Crippen LogP contribution in [0.4, 0.5) is 5.82 Å². The molecule has 0 aromatic carbocycles. The summed E-state index contributed by atoms with van der Waals surface area (Å²) in [6.07, 6.45) is 2.03. The fourth-order valence-corrected chi connectivity index (χ4v) is 3.34. The van der Waals surface area contributed by atoms with Gasteiger partial charge < -0.3 is 9.30 Å². The molecule has 0 N–H and O–H groups in total. The second kappa shape index (κ2) is 4.78. The Hall–Kier alpha value is -0.870. The highest BCUT2D eigenvalue weighted by molar-refractivity contribution is 7.99. The van der Waals surface area contributed by atoms with E-state index in [4.69, 9.17) is 16.6 Å². The fraction of sp³-hybridized carbons (Fsp3) is 0.417. The first-order valence-electron chi connectivity index (χ1n) is 5.75. The van der Waals surface area contributed by atoms with Crippen LogP contribution in [-0.4, -0.2) is 34.0 Å². The molecule has 0 radical (unpaired) electrons. The average Bonchev–Trinajstić information content (AvgIpc) is 2.78. The van der Waals surface area contributed by atoms with Gasteiger partial charge in [-0.2, -0.15) is 11.8 Å². The van der Waals surface area contributed by atoms with Crippen LogP contribution in [-0.2, 0) is 5.88 Å². The Labute approximate surface area is 110 Å². The Kier molecular flexibility index (Phi) is 3.16. The molecule has 0 bridgehead atoms. The molecule has 0 aliphatic carbocycles. The molecule has 0 atom stereocenters. The Balaban J connectivity index is 2.08. The lowest BCUT2D eigenvalue weighted by Crippen LogP contribution is -2.33. The smallest absolute Gasteiger partial charge is 0.152 e. The topological polar surface area (TPSA) is 20.5 Å². The maximum absolute atomic E-state index is 6.08. The number of thioether (sulfide) groups is 1. The van der Waals surface area contributed by atoms with Crippen LogP contribution in [0.15, 0.2) is 24.4 Å². The average molecular weight is 268 g/mol. The van der Waals surface area contributed by atoms with E-state index in [0.717, 1.165) is 30.2 Å². The van der Waals surface area contributed by atoms with Crippen molar-refractivity contribution in [1.82, 2.24) is 9.38 Å². The third-order valence-corrected chi connectivity index (χ3v) is 4.24. The number of nitrogens with zero attached hydrogens (tertiary/aromatic N) is 3. The minimum absolute atomic E-state index is 0.504. The number of hydrogen-bond donors (Lipinski definition) is 0. The second-order valence-electron chi connectivity index (χ2n) is 4.04. The number of anilines is 1. The third-order valence-electron chi connectivity index (χ3n) is 3.04. The second-order valence-corrected chi connectivity index (χ2v) is 5.54. The van der Waals surface area contributed by atoms with Gasteiger partial charge in [-0.25, -0.2) is 4.98 Å². The molecule has 2 aromatic rings. The molecule has 3 rings (SSSR count). The molecular formula is C12H14ClN3S. The third kappa shape index (κ3) is 2.00. The summed E-state index contributed by atoms with van der Waals surface area (Å²) in [6, 6.07) is 6.05. The Morgan fingerprint density at radius 1 is 1.29 bits per heavy atom. The summed E-state index contributed by atoms with van der Waals surface area (Å²) in [4.78, 5) is 7.05. The molecule has 3 heterocycles. The van der Waals surface area contributed by atoms with Crippen LogP contribution in [0.2, 0.25) is 0 Å². The number of hydrogen-bond acceptors (Lipinski definition) is 3. The van der Waals surface area contributed by atoms with Crippen molar-refractivity contribution in [3.8, 4) is 0 Å². The van der Waals surface area contributed by atoms with E-state index >= 15 is 0 Å². The zero-order valence-corrected chi connectivity index (χ0v) is 11.0. The largest absolute Gasteiger partial charge is 0.353 e. The molecule has 17 heavy (non-hydrogen) atoms. The highest BCUT2D eigenvalue weighted by Gasteiger charge is 2.19. The fourth-order valence-electron chi connectivity index (χ4n) is 2.19. The summed E-state index contributed by atoms with van der Waals surface area (Å²) in [6.45, 7) is 2.14. The van der Waals surface area contributed by atoms with E-state index in [-0.39, 0.29) is 0 Å². The number of halogens is 1. The first-order valence-corrected chi connectivity index (χ1v) is 7.43. The molecule has 1 saturated heterocycles. The van der Waals surface area contributed by atoms with Crippen LogP contribution < -0.4 is 4.90 Å². The van der Waals surface area contributed by atoms with Crippen molar-refractivity contribution in [1.29, 1.82) is 0 Å². The van der Waals surface area contributed by atoms with Crippen molar-refractivity contribution in [3.05, 3.63) is 30.1 Å². The molecule has 5 heteroatoms. The molecule has 1 fully saturated rings. The Bertz CT molecular complexity index is 519. The van der Waals surface area contributed by atoms with Crippen LogP contribution in [0.25, 0.3) is 5.65 Å². The van der Waals surface area contributed by atoms with Gasteiger partial charge in [0.15, 0.2) is 5.82 Å². The maximum atomic E-state index is 6.08. The molecular weight excluding hydrogens is 254 g/mol. The van der Waals surface area contributed by atoms with E-state index < -0.39 is 0 Å². The lowest BCUT2D eigenvalue weighted by atomic mass is 10.4. The van der Waals surface area contributed by atoms with Gasteiger partial charge in [0, 0.05) is 30.8 Å². The molecule has 1 aliphatic heterocycles. The van der Waals surface area contributed by atoms with Crippen LogP contribution in [0.1, 0.15) is 5.69 Å². The van der Waals surface area contributed by atoms with Crippen LogP contribution in [0.3, 0.4) is 0 Å². The van der Waals surface area contributed by atoms with E-state index in [2.05, 4.69) is 9.30 Å². The van der Waals surface area contributed by atoms with Crippen molar-refractivity contribution >= 4 is 34.8 Å². The van der Waals surface area contributed by atoms with Crippen molar-refractivity contribution in [2.24, 2.45) is 0 Å². The van der Waals surface area contributed by atoms with E-state index in [1.54, 1.807) is 0 Å². The zero-order chi connectivity index (χ0) is 11.7. The van der Waals surface area contributed by atoms with Gasteiger partial charge in [0.2, 0.25) is 0 Å². The quantitative estimate of drug-likeness (QED) is 0.781. The number of aromatic nitrogens is 2. The molecule has 0 spiro atoms. The van der Waals surface area contributed by atoms with Gasteiger partial charge in [-0.05, 0) is 12.1 Å². The lowest BCUT2D eigenvalue weighted by Gasteiger charge is -2.27. The Morgan fingerprint density at radius 2 is 2.12 bits per heavy atom. The lowest BCUT2D eigenvalue weighted by molar-refractivity contribution is 0.837. The standard InChI is InChI=1S/C12H14ClN3S/c13-9-10-12(15-5-7-17-8-6-15)14-11-3-1-2-4-16(10)11/h1-4H,5-9H2. The number of fused-ring (bicyclic) bond motifs is 1.